The number of fused-ring (bicyclic) bond motifs is 2. The summed E-state index contributed by atoms with van der Waals surface area (Å²) in [5, 5.41) is 10.8. The fourth-order valence-electron chi connectivity index (χ4n) is 8.64. The summed E-state index contributed by atoms with van der Waals surface area (Å²) in [6.07, 6.45) is 13.4. The molecule has 0 radical (unpaired) electrons. The smallest absolute Gasteiger partial charge is 0.249 e. The SMILES string of the molecule is CC[C@@]12C=CCN(c3ccccc3)C(=O)[C@@H]1[C@H]1C(=O)N([C@H](CO)c3ccccc3)C3C(=O)N(C4CCCCC4)CC=C[C@@]31O2. The minimum atomic E-state index is -1.36. The van der Waals surface area contributed by atoms with Gasteiger partial charge in [0.1, 0.15) is 11.6 Å². The van der Waals surface area contributed by atoms with Crippen LogP contribution in [0.2, 0.25) is 0 Å². The molecule has 8 heteroatoms. The molecule has 230 valence electrons. The minimum Gasteiger partial charge on any atom is -0.394 e. The summed E-state index contributed by atoms with van der Waals surface area (Å²) in [5.41, 5.74) is -0.928. The maximum atomic E-state index is 15.0. The highest BCUT2D eigenvalue weighted by Gasteiger charge is 2.76. The molecule has 3 amide bonds. The number of hydrogen-bond donors (Lipinski definition) is 1. The molecule has 1 aliphatic carbocycles. The Morgan fingerprint density at radius 1 is 0.841 bits per heavy atom. The van der Waals surface area contributed by atoms with E-state index in [4.69, 9.17) is 4.74 Å². The van der Waals surface area contributed by atoms with Crippen molar-refractivity contribution >= 4 is 23.4 Å². The number of aliphatic hydroxyl groups is 1. The van der Waals surface area contributed by atoms with Crippen LogP contribution in [0.4, 0.5) is 5.69 Å². The second kappa shape index (κ2) is 11.3. The number of carbonyl (C=O) groups excluding carboxylic acids is 3. The highest BCUT2D eigenvalue weighted by molar-refractivity contribution is 6.04. The van der Waals surface area contributed by atoms with Crippen molar-refractivity contribution in [3.8, 4) is 0 Å². The summed E-state index contributed by atoms with van der Waals surface area (Å²) in [6, 6.07) is 17.2. The number of likely N-dealkylation sites (tertiary alicyclic amines) is 1. The number of amides is 3. The molecule has 6 atom stereocenters. The first-order valence-electron chi connectivity index (χ1n) is 16.2. The lowest BCUT2D eigenvalue weighted by molar-refractivity contribution is -0.157. The Hall–Kier alpha value is -3.75. The average Bonchev–Trinajstić information content (AvgIpc) is 3.35. The molecule has 2 aromatic carbocycles. The Kier molecular flexibility index (Phi) is 7.45. The van der Waals surface area contributed by atoms with Crippen LogP contribution in [0.15, 0.2) is 85.0 Å². The number of para-hydroxylation sites is 1. The van der Waals surface area contributed by atoms with Gasteiger partial charge in [0.15, 0.2) is 0 Å². The third-order valence-electron chi connectivity index (χ3n) is 10.7. The van der Waals surface area contributed by atoms with Gasteiger partial charge >= 0.3 is 0 Å². The fourth-order valence-corrected chi connectivity index (χ4v) is 8.64. The van der Waals surface area contributed by atoms with Gasteiger partial charge in [-0.15, -0.1) is 0 Å². The zero-order chi connectivity index (χ0) is 30.5. The van der Waals surface area contributed by atoms with Crippen molar-refractivity contribution in [2.24, 2.45) is 11.8 Å². The zero-order valence-electron chi connectivity index (χ0n) is 25.3. The van der Waals surface area contributed by atoms with Crippen LogP contribution in [0.25, 0.3) is 0 Å². The number of aliphatic hydroxyl groups excluding tert-OH is 1. The lowest BCUT2D eigenvalue weighted by Gasteiger charge is -2.42. The Morgan fingerprint density at radius 2 is 1.52 bits per heavy atom. The van der Waals surface area contributed by atoms with Gasteiger partial charge in [0.05, 0.1) is 30.1 Å². The molecular formula is C36H41N3O5. The van der Waals surface area contributed by atoms with Crippen LogP contribution in [0, 0.1) is 11.8 Å². The van der Waals surface area contributed by atoms with Gasteiger partial charge in [-0.2, -0.15) is 0 Å². The molecule has 2 aromatic rings. The number of hydrogen-bond acceptors (Lipinski definition) is 5. The Labute approximate surface area is 259 Å². The number of ether oxygens (including phenoxy) is 1. The Balaban J connectivity index is 1.39. The number of nitrogens with zero attached hydrogens (tertiary/aromatic N) is 3. The normalized spacial score (nSPS) is 32.7. The average molecular weight is 596 g/mol. The van der Waals surface area contributed by atoms with E-state index >= 15 is 4.79 Å². The standard InChI is InChI=1S/C36H41N3O5/c1-2-35-20-12-22-37(26-16-8-4-9-17-26)32(41)29(35)30-33(42)39(28(24-40)25-14-6-3-7-15-25)31-34(43)38(27-18-10-5-11-19-27)23-13-21-36(30,31)44-35/h3-4,6-9,12-17,20-21,27-31,40H,2,5,10-11,18-19,22-24H2,1H3/t28-,29+,30+,31?,35-,36+/m1/s1. The second-order valence-electron chi connectivity index (χ2n) is 12.8. The number of rotatable bonds is 6. The Bertz CT molecular complexity index is 1470. The topological polar surface area (TPSA) is 90.4 Å². The van der Waals surface area contributed by atoms with E-state index in [1.165, 1.54) is 0 Å². The summed E-state index contributed by atoms with van der Waals surface area (Å²) in [7, 11) is 0. The first-order chi connectivity index (χ1) is 21.5. The largest absolute Gasteiger partial charge is 0.394 e. The molecule has 8 nitrogen and oxygen atoms in total. The van der Waals surface area contributed by atoms with Gasteiger partial charge in [0.25, 0.3) is 0 Å². The summed E-state index contributed by atoms with van der Waals surface area (Å²) < 4.78 is 7.16. The molecule has 1 N–H and O–H groups in total. The molecule has 0 bridgehead atoms. The highest BCUT2D eigenvalue weighted by Crippen LogP contribution is 2.60. The van der Waals surface area contributed by atoms with Crippen molar-refractivity contribution in [2.45, 2.75) is 74.8 Å². The molecule has 7 rings (SSSR count). The van der Waals surface area contributed by atoms with E-state index in [0.29, 0.717) is 19.5 Å². The quantitative estimate of drug-likeness (QED) is 0.500. The highest BCUT2D eigenvalue weighted by atomic mass is 16.5. The van der Waals surface area contributed by atoms with Gasteiger partial charge in [-0.25, -0.2) is 0 Å². The molecular weight excluding hydrogens is 554 g/mol. The molecule has 4 heterocycles. The molecule has 1 saturated carbocycles. The fraction of sp³-hybridized carbons (Fsp3) is 0.472. The molecule has 4 aliphatic heterocycles. The van der Waals surface area contributed by atoms with Crippen LogP contribution in [-0.4, -0.2) is 75.6 Å². The number of benzene rings is 2. The molecule has 1 spiro atoms. The molecule has 2 saturated heterocycles. The third-order valence-corrected chi connectivity index (χ3v) is 10.7. The first kappa shape index (κ1) is 29.0. The van der Waals surface area contributed by atoms with E-state index in [2.05, 4.69) is 0 Å². The van der Waals surface area contributed by atoms with Crippen molar-refractivity contribution < 1.29 is 24.2 Å². The van der Waals surface area contributed by atoms with Crippen LogP contribution >= 0.6 is 0 Å². The van der Waals surface area contributed by atoms with Gasteiger partial charge < -0.3 is 24.5 Å². The molecule has 1 unspecified atom stereocenters. The molecule has 3 fully saturated rings. The van der Waals surface area contributed by atoms with Crippen molar-refractivity contribution in [1.29, 1.82) is 0 Å². The molecule has 44 heavy (non-hydrogen) atoms. The third kappa shape index (κ3) is 4.29. The van der Waals surface area contributed by atoms with Crippen LogP contribution in [0.3, 0.4) is 0 Å². The zero-order valence-corrected chi connectivity index (χ0v) is 25.3. The predicted molar refractivity (Wildman–Crippen MR) is 166 cm³/mol. The number of carbonyl (C=O) groups is 3. The Morgan fingerprint density at radius 3 is 2.20 bits per heavy atom. The van der Waals surface area contributed by atoms with Crippen LogP contribution in [-0.2, 0) is 19.1 Å². The van der Waals surface area contributed by atoms with E-state index in [-0.39, 0.29) is 30.4 Å². The van der Waals surface area contributed by atoms with Crippen molar-refractivity contribution in [3.05, 3.63) is 90.5 Å². The number of anilines is 1. The van der Waals surface area contributed by atoms with Gasteiger partial charge in [0.2, 0.25) is 17.7 Å². The van der Waals surface area contributed by atoms with Crippen LogP contribution in [0.5, 0.6) is 0 Å². The first-order valence-corrected chi connectivity index (χ1v) is 16.2. The monoisotopic (exact) mass is 595 g/mol. The molecule has 5 aliphatic rings. The molecule has 0 aromatic heterocycles. The van der Waals surface area contributed by atoms with Crippen LogP contribution in [0.1, 0.15) is 57.1 Å². The van der Waals surface area contributed by atoms with E-state index < -0.39 is 35.1 Å². The van der Waals surface area contributed by atoms with E-state index in [1.54, 1.807) is 9.80 Å². The predicted octanol–water partition coefficient (Wildman–Crippen LogP) is 4.42. The van der Waals surface area contributed by atoms with Crippen molar-refractivity contribution in [3.63, 3.8) is 0 Å². The van der Waals surface area contributed by atoms with E-state index in [1.807, 2.05) is 96.8 Å². The van der Waals surface area contributed by atoms with Crippen molar-refractivity contribution in [2.75, 3.05) is 24.6 Å². The summed E-state index contributed by atoms with van der Waals surface area (Å²) in [5.74, 6) is -2.45. The minimum absolute atomic E-state index is 0.0819. The van der Waals surface area contributed by atoms with Crippen molar-refractivity contribution in [1.82, 2.24) is 9.80 Å². The van der Waals surface area contributed by atoms with E-state index in [9.17, 15) is 14.7 Å². The van der Waals surface area contributed by atoms with Crippen LogP contribution < -0.4 is 4.90 Å². The summed E-state index contributed by atoms with van der Waals surface area (Å²) in [4.78, 5) is 49.9. The maximum absolute atomic E-state index is 15.0. The lowest BCUT2D eigenvalue weighted by Crippen LogP contribution is -2.58. The van der Waals surface area contributed by atoms with Gasteiger partial charge in [0, 0.05) is 24.8 Å². The summed E-state index contributed by atoms with van der Waals surface area (Å²) >= 11 is 0. The second-order valence-corrected chi connectivity index (χ2v) is 12.8. The van der Waals surface area contributed by atoms with Gasteiger partial charge in [-0.3, -0.25) is 14.4 Å². The summed E-state index contributed by atoms with van der Waals surface area (Å²) in [6.45, 7) is 2.41. The van der Waals surface area contributed by atoms with E-state index in [0.717, 1.165) is 43.4 Å². The maximum Gasteiger partial charge on any atom is 0.249 e. The van der Waals surface area contributed by atoms with Gasteiger partial charge in [-0.1, -0.05) is 99.0 Å². The lowest BCUT2D eigenvalue weighted by atomic mass is 9.73. The van der Waals surface area contributed by atoms with Gasteiger partial charge in [-0.05, 0) is 37.0 Å².